The summed E-state index contributed by atoms with van der Waals surface area (Å²) in [5.41, 5.74) is 10.1. The van der Waals surface area contributed by atoms with Crippen LogP contribution >= 0.6 is 15.9 Å². The van der Waals surface area contributed by atoms with E-state index in [4.69, 9.17) is 14.2 Å². The van der Waals surface area contributed by atoms with Crippen molar-refractivity contribution in [3.05, 3.63) is 100 Å². The second-order valence-electron chi connectivity index (χ2n) is 10.9. The minimum Gasteiger partial charge on any atom is -0.497 e. The summed E-state index contributed by atoms with van der Waals surface area (Å²) >= 11 is 3.57. The molecule has 234 valence electrons. The number of benzene rings is 4. The Morgan fingerprint density at radius 2 is 1.53 bits per heavy atom. The van der Waals surface area contributed by atoms with Crippen molar-refractivity contribution < 1.29 is 23.8 Å². The fourth-order valence-corrected chi connectivity index (χ4v) is 6.11. The average molecular weight is 673 g/mol. The number of hydrazine groups is 1. The van der Waals surface area contributed by atoms with Crippen LogP contribution in [0.3, 0.4) is 0 Å². The van der Waals surface area contributed by atoms with E-state index in [2.05, 4.69) is 32.3 Å². The molecule has 0 spiro atoms. The summed E-state index contributed by atoms with van der Waals surface area (Å²) in [6.45, 7) is 3.90. The number of rotatable bonds is 10. The van der Waals surface area contributed by atoms with E-state index in [9.17, 15) is 9.59 Å². The molecule has 0 aromatic heterocycles. The summed E-state index contributed by atoms with van der Waals surface area (Å²) < 4.78 is 16.3. The van der Waals surface area contributed by atoms with Gasteiger partial charge in [0.1, 0.15) is 17.1 Å². The predicted molar refractivity (Wildman–Crippen MR) is 183 cm³/mol. The molecule has 1 heterocycles. The van der Waals surface area contributed by atoms with Gasteiger partial charge in [0.25, 0.3) is 0 Å². The van der Waals surface area contributed by atoms with Gasteiger partial charge in [-0.05, 0) is 90.9 Å². The first-order valence-corrected chi connectivity index (χ1v) is 15.8. The Balaban J connectivity index is 1.51. The number of esters is 1. The summed E-state index contributed by atoms with van der Waals surface area (Å²) in [6, 6.07) is 25.4. The van der Waals surface area contributed by atoms with Crippen LogP contribution in [0.5, 0.6) is 11.5 Å². The van der Waals surface area contributed by atoms with Gasteiger partial charge in [-0.25, -0.2) is 9.80 Å². The number of piperidine rings is 1. The molecule has 1 aliphatic rings. The van der Waals surface area contributed by atoms with Crippen molar-refractivity contribution in [3.63, 3.8) is 0 Å². The number of aryl methyl sites for hydroxylation is 1. The Morgan fingerprint density at radius 3 is 2.16 bits per heavy atom. The minimum atomic E-state index is -0.516. The molecule has 1 fully saturated rings. The lowest BCUT2D eigenvalue weighted by Gasteiger charge is -2.35. The average Bonchev–Trinajstić information content (AvgIpc) is 3.08. The van der Waals surface area contributed by atoms with Gasteiger partial charge in [0, 0.05) is 17.6 Å². The maximum atomic E-state index is 14.4. The highest BCUT2D eigenvalue weighted by molar-refractivity contribution is 9.10. The molecule has 1 saturated heterocycles. The minimum absolute atomic E-state index is 0.0447. The first-order valence-electron chi connectivity index (χ1n) is 15.0. The second-order valence-corrected chi connectivity index (χ2v) is 11.8. The van der Waals surface area contributed by atoms with E-state index in [0.29, 0.717) is 15.8 Å². The largest absolute Gasteiger partial charge is 0.497 e. The van der Waals surface area contributed by atoms with Crippen molar-refractivity contribution in [2.45, 2.75) is 32.6 Å². The van der Waals surface area contributed by atoms with Gasteiger partial charge in [0.15, 0.2) is 0 Å². The highest BCUT2D eigenvalue weighted by Gasteiger charge is 2.26. The van der Waals surface area contributed by atoms with Crippen LogP contribution in [0.2, 0.25) is 0 Å². The van der Waals surface area contributed by atoms with Crippen LogP contribution in [0.4, 0.5) is 17.1 Å². The number of methoxy groups -OCH3 is 3. The van der Waals surface area contributed by atoms with Gasteiger partial charge in [0.2, 0.25) is 5.91 Å². The zero-order chi connectivity index (χ0) is 31.9. The third-order valence-electron chi connectivity index (χ3n) is 8.05. The molecule has 4 aromatic carbocycles. The first kappa shape index (κ1) is 31.9. The van der Waals surface area contributed by atoms with Crippen LogP contribution < -0.4 is 24.8 Å². The molecule has 1 N–H and O–H groups in total. The Bertz CT molecular complexity index is 1650. The molecule has 8 nitrogen and oxygen atoms in total. The van der Waals surface area contributed by atoms with E-state index in [-0.39, 0.29) is 17.9 Å². The molecule has 45 heavy (non-hydrogen) atoms. The number of hydrogen-bond donors (Lipinski definition) is 1. The summed E-state index contributed by atoms with van der Waals surface area (Å²) in [7, 11) is 4.46. The number of halogens is 1. The van der Waals surface area contributed by atoms with Gasteiger partial charge in [-0.3, -0.25) is 10.2 Å². The van der Waals surface area contributed by atoms with Crippen molar-refractivity contribution in [2.75, 3.05) is 49.8 Å². The molecule has 0 saturated carbocycles. The maximum Gasteiger partial charge on any atom is 0.341 e. The van der Waals surface area contributed by atoms with Gasteiger partial charge >= 0.3 is 5.97 Å². The van der Waals surface area contributed by atoms with E-state index in [1.165, 1.54) is 20.6 Å². The zero-order valence-corrected chi connectivity index (χ0v) is 27.6. The third kappa shape index (κ3) is 7.26. The summed E-state index contributed by atoms with van der Waals surface area (Å²) in [5.74, 6) is 0.456. The molecule has 0 bridgehead atoms. The highest BCUT2D eigenvalue weighted by Crippen LogP contribution is 2.36. The molecule has 0 atom stereocenters. The number of para-hydroxylation sites is 1. The molecule has 1 aliphatic heterocycles. The molecule has 0 aliphatic carbocycles. The fraction of sp³-hybridized carbons (Fsp3) is 0.278. The van der Waals surface area contributed by atoms with Gasteiger partial charge < -0.3 is 19.1 Å². The van der Waals surface area contributed by atoms with E-state index in [1.54, 1.807) is 24.3 Å². The molecule has 0 radical (unpaired) electrons. The lowest BCUT2D eigenvalue weighted by atomic mass is 10.0. The van der Waals surface area contributed by atoms with Crippen molar-refractivity contribution >= 4 is 44.9 Å². The summed E-state index contributed by atoms with van der Waals surface area (Å²) in [6.07, 6.45) is 3.47. The van der Waals surface area contributed by atoms with Crippen LogP contribution in [0.25, 0.3) is 11.1 Å². The molecule has 4 aromatic rings. The first-order chi connectivity index (χ1) is 21.8. The Kier molecular flexibility index (Phi) is 10.3. The van der Waals surface area contributed by atoms with Gasteiger partial charge in [0.05, 0.1) is 44.8 Å². The van der Waals surface area contributed by atoms with Crippen LogP contribution in [0.15, 0.2) is 83.3 Å². The summed E-state index contributed by atoms with van der Waals surface area (Å²) in [4.78, 5) is 29.1. The SMILES string of the molecule is COC(=O)c1cc(Br)c(CC(=O)N(Nc2ccc(-c3ccc(OC)cc3)cc2)c2c(C)cccc2N2CCCCC2)cc1OC. The summed E-state index contributed by atoms with van der Waals surface area (Å²) in [5, 5.41) is 1.66. The zero-order valence-electron chi connectivity index (χ0n) is 26.1. The van der Waals surface area contributed by atoms with Crippen molar-refractivity contribution in [1.82, 2.24) is 0 Å². The van der Waals surface area contributed by atoms with Crippen LogP contribution in [0.1, 0.15) is 40.7 Å². The van der Waals surface area contributed by atoms with Crippen molar-refractivity contribution in [1.29, 1.82) is 0 Å². The number of ether oxygens (including phenoxy) is 3. The van der Waals surface area contributed by atoms with Crippen molar-refractivity contribution in [2.24, 2.45) is 0 Å². The molecule has 1 amide bonds. The predicted octanol–water partition coefficient (Wildman–Crippen LogP) is 7.82. The van der Waals surface area contributed by atoms with E-state index in [1.807, 2.05) is 67.6 Å². The number of amides is 1. The molecule has 5 rings (SSSR count). The normalized spacial score (nSPS) is 12.8. The van der Waals surface area contributed by atoms with Gasteiger partial charge in [-0.1, -0.05) is 52.3 Å². The maximum absolute atomic E-state index is 14.4. The molecule has 0 unspecified atom stereocenters. The van der Waals surface area contributed by atoms with Crippen LogP contribution in [-0.4, -0.2) is 46.3 Å². The Labute approximate surface area is 273 Å². The number of carbonyl (C=O) groups excluding carboxylic acids is 2. The quantitative estimate of drug-likeness (QED) is 0.136. The highest BCUT2D eigenvalue weighted by atomic mass is 79.9. The second kappa shape index (κ2) is 14.5. The van der Waals surface area contributed by atoms with Crippen LogP contribution in [-0.2, 0) is 16.0 Å². The molecule has 9 heteroatoms. The van der Waals surface area contributed by atoms with Gasteiger partial charge in [-0.2, -0.15) is 0 Å². The number of nitrogens with zero attached hydrogens (tertiary/aromatic N) is 2. The topological polar surface area (TPSA) is 80.3 Å². The van der Waals surface area contributed by atoms with E-state index in [0.717, 1.165) is 65.4 Å². The smallest absolute Gasteiger partial charge is 0.341 e. The van der Waals surface area contributed by atoms with Crippen molar-refractivity contribution in [3.8, 4) is 22.6 Å². The van der Waals surface area contributed by atoms with Crippen LogP contribution in [0, 0.1) is 6.92 Å². The number of hydrogen-bond acceptors (Lipinski definition) is 7. The third-order valence-corrected chi connectivity index (χ3v) is 8.79. The van der Waals surface area contributed by atoms with E-state index < -0.39 is 5.97 Å². The standard InChI is InChI=1S/C36H38BrN3O5/c1-24-9-8-10-32(39-19-6-5-7-20-39)35(24)40(34(41)22-27-21-33(44-3)30(23-31(27)37)36(42)45-4)38-28-15-11-25(12-16-28)26-13-17-29(43-2)18-14-26/h8-18,21,23,38H,5-7,19-20,22H2,1-4H3. The fourth-order valence-electron chi connectivity index (χ4n) is 5.63. The molecular formula is C36H38BrN3O5. The monoisotopic (exact) mass is 671 g/mol. The Morgan fingerprint density at radius 1 is 0.867 bits per heavy atom. The van der Waals surface area contributed by atoms with Gasteiger partial charge in [-0.15, -0.1) is 0 Å². The van der Waals surface area contributed by atoms with E-state index >= 15 is 0 Å². The lowest BCUT2D eigenvalue weighted by Crippen LogP contribution is -2.40. The number of anilines is 3. The number of nitrogens with one attached hydrogen (secondary N) is 1. The Hall–Kier alpha value is -4.50. The lowest BCUT2D eigenvalue weighted by molar-refractivity contribution is -0.117. The number of carbonyl (C=O) groups is 2. The molecular weight excluding hydrogens is 634 g/mol.